The second-order valence-electron chi connectivity index (χ2n) is 5.10. The zero-order valence-corrected chi connectivity index (χ0v) is 15.1. The summed E-state index contributed by atoms with van der Waals surface area (Å²) in [5.41, 5.74) is 1.12. The lowest BCUT2D eigenvalue weighted by Crippen LogP contribution is -2.27. The van der Waals surface area contributed by atoms with Gasteiger partial charge in [-0.3, -0.25) is 9.59 Å². The van der Waals surface area contributed by atoms with E-state index in [0.717, 1.165) is 16.7 Å². The first-order chi connectivity index (χ1) is 12.0. The van der Waals surface area contributed by atoms with Crippen LogP contribution in [0.2, 0.25) is 5.02 Å². The molecule has 0 bridgehead atoms. The molecule has 1 aliphatic rings. The van der Waals surface area contributed by atoms with Crippen molar-refractivity contribution >= 4 is 46.3 Å². The maximum Gasteiger partial charge on any atom is 0.298 e. The minimum absolute atomic E-state index is 0.313. The quantitative estimate of drug-likeness (QED) is 0.731. The van der Waals surface area contributed by atoms with E-state index in [-0.39, 0.29) is 5.24 Å². The van der Waals surface area contributed by atoms with E-state index < -0.39 is 5.91 Å². The van der Waals surface area contributed by atoms with Gasteiger partial charge in [-0.15, -0.1) is 0 Å². The van der Waals surface area contributed by atoms with Crippen molar-refractivity contribution in [3.63, 3.8) is 0 Å². The molecule has 1 aliphatic heterocycles. The Morgan fingerprint density at radius 2 is 1.88 bits per heavy atom. The number of hydrogen-bond donors (Lipinski definition) is 0. The zero-order valence-electron chi connectivity index (χ0n) is 13.5. The standard InChI is InChI=1S/C18H14ClNO4S/c1-23-14-7-6-11(15(10-14)24-2)8-16-17(21)20(18(22)25-16)13-5-3-4-12(19)9-13/h3-10H,1-2H3/b16-8-. The van der Waals surface area contributed by atoms with Crippen LogP contribution in [-0.4, -0.2) is 25.4 Å². The molecule has 0 radical (unpaired) electrons. The number of carbonyl (C=O) groups excluding carboxylic acids is 2. The van der Waals surface area contributed by atoms with Crippen LogP contribution < -0.4 is 14.4 Å². The van der Waals surface area contributed by atoms with Crippen LogP contribution in [0.15, 0.2) is 47.4 Å². The van der Waals surface area contributed by atoms with E-state index in [0.29, 0.717) is 32.7 Å². The van der Waals surface area contributed by atoms with E-state index >= 15 is 0 Å². The molecule has 2 aromatic rings. The first kappa shape index (κ1) is 17.4. The topological polar surface area (TPSA) is 55.8 Å². The molecule has 7 heteroatoms. The number of ether oxygens (including phenoxy) is 2. The summed E-state index contributed by atoms with van der Waals surface area (Å²) in [6.45, 7) is 0. The molecule has 2 aromatic carbocycles. The molecule has 1 heterocycles. The number of rotatable bonds is 4. The number of amides is 2. The highest BCUT2D eigenvalue weighted by atomic mass is 35.5. The molecule has 2 amide bonds. The Balaban J connectivity index is 1.96. The van der Waals surface area contributed by atoms with Gasteiger partial charge in [0.15, 0.2) is 0 Å². The molecular weight excluding hydrogens is 362 g/mol. The number of imide groups is 1. The summed E-state index contributed by atoms with van der Waals surface area (Å²) in [6, 6.07) is 11.9. The fraction of sp³-hybridized carbons (Fsp3) is 0.111. The first-order valence-electron chi connectivity index (χ1n) is 7.29. The summed E-state index contributed by atoms with van der Waals surface area (Å²) in [4.78, 5) is 26.4. The smallest absolute Gasteiger partial charge is 0.298 e. The number of anilines is 1. The van der Waals surface area contributed by atoms with Gasteiger partial charge in [0.25, 0.3) is 11.1 Å². The van der Waals surface area contributed by atoms with Gasteiger partial charge in [0.1, 0.15) is 11.5 Å². The van der Waals surface area contributed by atoms with Crippen LogP contribution in [0.25, 0.3) is 6.08 Å². The molecule has 0 unspecified atom stereocenters. The molecule has 1 fully saturated rings. The normalized spacial score (nSPS) is 15.8. The number of thioether (sulfide) groups is 1. The molecule has 3 rings (SSSR count). The van der Waals surface area contributed by atoms with Gasteiger partial charge in [-0.05, 0) is 48.2 Å². The van der Waals surface area contributed by atoms with Crippen molar-refractivity contribution in [2.24, 2.45) is 0 Å². The highest BCUT2D eigenvalue weighted by Gasteiger charge is 2.36. The minimum Gasteiger partial charge on any atom is -0.497 e. The number of hydrogen-bond acceptors (Lipinski definition) is 5. The maximum absolute atomic E-state index is 12.7. The van der Waals surface area contributed by atoms with Crippen molar-refractivity contribution < 1.29 is 19.1 Å². The number of nitrogens with zero attached hydrogens (tertiary/aromatic N) is 1. The van der Waals surface area contributed by atoms with Gasteiger partial charge >= 0.3 is 0 Å². The van der Waals surface area contributed by atoms with E-state index in [2.05, 4.69) is 0 Å². The second kappa shape index (κ2) is 7.21. The van der Waals surface area contributed by atoms with Crippen molar-refractivity contribution in [1.29, 1.82) is 0 Å². The van der Waals surface area contributed by atoms with E-state index in [1.807, 2.05) is 0 Å². The Morgan fingerprint density at radius 3 is 2.56 bits per heavy atom. The van der Waals surface area contributed by atoms with Gasteiger partial charge in [-0.25, -0.2) is 4.90 Å². The predicted octanol–water partition coefficient (Wildman–Crippen LogP) is 4.60. The molecule has 0 atom stereocenters. The van der Waals surface area contributed by atoms with E-state index in [4.69, 9.17) is 21.1 Å². The van der Waals surface area contributed by atoms with Crippen molar-refractivity contribution in [3.8, 4) is 11.5 Å². The van der Waals surface area contributed by atoms with Crippen LogP contribution in [-0.2, 0) is 4.79 Å². The van der Waals surface area contributed by atoms with Crippen molar-refractivity contribution in [2.45, 2.75) is 0 Å². The zero-order chi connectivity index (χ0) is 18.0. The first-order valence-corrected chi connectivity index (χ1v) is 8.48. The van der Waals surface area contributed by atoms with Gasteiger partial charge in [0.2, 0.25) is 0 Å². The Kier molecular flexibility index (Phi) is 5.01. The van der Waals surface area contributed by atoms with Crippen LogP contribution in [0, 0.1) is 0 Å². The van der Waals surface area contributed by atoms with Gasteiger partial charge in [-0.2, -0.15) is 0 Å². The van der Waals surface area contributed by atoms with Crippen molar-refractivity contribution in [2.75, 3.05) is 19.1 Å². The minimum atomic E-state index is -0.393. The van der Waals surface area contributed by atoms with Crippen LogP contribution in [0.4, 0.5) is 10.5 Å². The van der Waals surface area contributed by atoms with Crippen molar-refractivity contribution in [3.05, 3.63) is 58.0 Å². The molecule has 25 heavy (non-hydrogen) atoms. The molecule has 0 aliphatic carbocycles. The van der Waals surface area contributed by atoms with Gasteiger partial charge < -0.3 is 9.47 Å². The SMILES string of the molecule is COc1ccc(/C=C2\SC(=O)N(c3cccc(Cl)c3)C2=O)c(OC)c1. The molecule has 0 saturated carbocycles. The lowest BCUT2D eigenvalue weighted by molar-refractivity contribution is -0.113. The molecule has 128 valence electrons. The third-order valence-corrected chi connectivity index (χ3v) is 4.69. The van der Waals surface area contributed by atoms with Crippen LogP contribution in [0.5, 0.6) is 11.5 Å². The van der Waals surface area contributed by atoms with Gasteiger partial charge in [0, 0.05) is 16.7 Å². The largest absolute Gasteiger partial charge is 0.497 e. The van der Waals surface area contributed by atoms with E-state index in [1.165, 1.54) is 7.11 Å². The molecular formula is C18H14ClNO4S. The number of benzene rings is 2. The lowest BCUT2D eigenvalue weighted by Gasteiger charge is -2.12. The second-order valence-corrected chi connectivity index (χ2v) is 6.53. The van der Waals surface area contributed by atoms with Crippen LogP contribution in [0.3, 0.4) is 0 Å². The third kappa shape index (κ3) is 3.50. The maximum atomic E-state index is 12.7. The third-order valence-electron chi connectivity index (χ3n) is 3.59. The Labute approximate surface area is 154 Å². The fourth-order valence-electron chi connectivity index (χ4n) is 2.38. The Morgan fingerprint density at radius 1 is 1.08 bits per heavy atom. The Bertz CT molecular complexity index is 881. The number of carbonyl (C=O) groups is 2. The number of halogens is 1. The summed E-state index contributed by atoms with van der Waals surface area (Å²) < 4.78 is 10.5. The van der Waals surface area contributed by atoms with Gasteiger partial charge in [-0.1, -0.05) is 17.7 Å². The average molecular weight is 376 g/mol. The van der Waals surface area contributed by atoms with Crippen LogP contribution in [0.1, 0.15) is 5.56 Å². The predicted molar refractivity (Wildman–Crippen MR) is 99.4 cm³/mol. The van der Waals surface area contributed by atoms with Gasteiger partial charge in [0.05, 0.1) is 24.8 Å². The Hall–Kier alpha value is -2.44. The molecule has 0 aromatic heterocycles. The summed E-state index contributed by atoms with van der Waals surface area (Å²) in [7, 11) is 3.09. The van der Waals surface area contributed by atoms with E-state index in [1.54, 1.807) is 55.7 Å². The highest BCUT2D eigenvalue weighted by Crippen LogP contribution is 2.37. The summed E-state index contributed by atoms with van der Waals surface area (Å²) in [6.07, 6.45) is 1.63. The van der Waals surface area contributed by atoms with E-state index in [9.17, 15) is 9.59 Å². The molecule has 1 saturated heterocycles. The highest BCUT2D eigenvalue weighted by molar-refractivity contribution is 8.19. The summed E-state index contributed by atoms with van der Waals surface area (Å²) >= 11 is 6.83. The fourth-order valence-corrected chi connectivity index (χ4v) is 3.40. The molecule has 5 nitrogen and oxygen atoms in total. The monoisotopic (exact) mass is 375 g/mol. The lowest BCUT2D eigenvalue weighted by atomic mass is 10.1. The number of methoxy groups -OCH3 is 2. The summed E-state index contributed by atoms with van der Waals surface area (Å²) in [5, 5.41) is 0.0864. The average Bonchev–Trinajstić information content (AvgIpc) is 2.88. The molecule has 0 spiro atoms. The van der Waals surface area contributed by atoms with Crippen molar-refractivity contribution in [1.82, 2.24) is 0 Å². The molecule has 0 N–H and O–H groups in total. The van der Waals surface area contributed by atoms with Crippen LogP contribution >= 0.6 is 23.4 Å². The summed E-state index contributed by atoms with van der Waals surface area (Å²) in [5.74, 6) is 0.796.